The van der Waals surface area contributed by atoms with Gasteiger partial charge in [-0.25, -0.2) is 4.39 Å². The van der Waals surface area contributed by atoms with Gasteiger partial charge in [0.2, 0.25) is 0 Å². The van der Waals surface area contributed by atoms with E-state index < -0.39 is 0 Å². The van der Waals surface area contributed by atoms with Gasteiger partial charge in [-0.15, -0.1) is 11.8 Å². The van der Waals surface area contributed by atoms with Crippen LogP contribution < -0.4 is 0 Å². The second-order valence-electron chi connectivity index (χ2n) is 2.62. The van der Waals surface area contributed by atoms with Gasteiger partial charge in [0.25, 0.3) is 0 Å². The maximum atomic E-state index is 12.4. The van der Waals surface area contributed by atoms with Crippen LogP contribution in [0.25, 0.3) is 0 Å². The number of thioether (sulfide) groups is 1. The maximum Gasteiger partial charge on any atom is 0.115 e. The van der Waals surface area contributed by atoms with Crippen LogP contribution in [0.3, 0.4) is 0 Å². The van der Waals surface area contributed by atoms with Gasteiger partial charge in [-0.05, 0) is 35.9 Å². The molecule has 66 valence electrons. The van der Waals surface area contributed by atoms with E-state index in [1.807, 2.05) is 18.4 Å². The molecule has 0 nitrogen and oxygen atoms in total. The molecular formula is C10H13FS. The second-order valence-corrected chi connectivity index (χ2v) is 3.50. The van der Waals surface area contributed by atoms with Crippen molar-refractivity contribution in [3.8, 4) is 0 Å². The third-order valence-corrected chi connectivity index (χ3v) is 2.66. The second kappa shape index (κ2) is 4.51. The number of rotatable bonds is 3. The molecular weight excluding hydrogens is 171 g/mol. The first-order chi connectivity index (χ1) is 5.81. The summed E-state index contributed by atoms with van der Waals surface area (Å²) in [5.41, 5.74) is 1.96. The van der Waals surface area contributed by atoms with Crippen molar-refractivity contribution in [2.75, 3.05) is 6.26 Å². The van der Waals surface area contributed by atoms with Crippen LogP contribution in [0.2, 0.25) is 0 Å². The van der Waals surface area contributed by atoms with Gasteiger partial charge in [0.15, 0.2) is 0 Å². The summed E-state index contributed by atoms with van der Waals surface area (Å²) in [6.45, 7) is 1.70. The molecule has 0 atom stereocenters. The van der Waals surface area contributed by atoms with Gasteiger partial charge in [-0.1, -0.05) is 13.0 Å². The maximum absolute atomic E-state index is 12.4. The fourth-order valence-electron chi connectivity index (χ4n) is 1.19. The number of hydrogen-bond acceptors (Lipinski definition) is 1. The standard InChI is InChI=1S/C10H13FS/c1-3-8-6-10(12-2)5-4-9(8)7-11/h4-6H,3,7H2,1-2H3. The predicted molar refractivity (Wildman–Crippen MR) is 52.4 cm³/mol. The monoisotopic (exact) mass is 184 g/mol. The van der Waals surface area contributed by atoms with Gasteiger partial charge < -0.3 is 0 Å². The van der Waals surface area contributed by atoms with E-state index in [-0.39, 0.29) is 6.67 Å². The molecule has 0 radical (unpaired) electrons. The van der Waals surface area contributed by atoms with Gasteiger partial charge in [0.1, 0.15) is 6.67 Å². The lowest BCUT2D eigenvalue weighted by Gasteiger charge is -2.05. The summed E-state index contributed by atoms with van der Waals surface area (Å²) < 4.78 is 12.4. The Bertz CT molecular complexity index is 258. The quantitative estimate of drug-likeness (QED) is 0.648. The van der Waals surface area contributed by atoms with E-state index in [9.17, 15) is 4.39 Å². The van der Waals surface area contributed by atoms with Gasteiger partial charge in [0.05, 0.1) is 0 Å². The number of benzene rings is 1. The van der Waals surface area contributed by atoms with Crippen molar-refractivity contribution in [3.05, 3.63) is 29.3 Å². The largest absolute Gasteiger partial charge is 0.246 e. The van der Waals surface area contributed by atoms with Crippen molar-refractivity contribution < 1.29 is 4.39 Å². The molecule has 0 aliphatic heterocycles. The van der Waals surface area contributed by atoms with Crippen LogP contribution in [-0.2, 0) is 13.1 Å². The molecule has 0 saturated carbocycles. The Kier molecular flexibility index (Phi) is 3.60. The van der Waals surface area contributed by atoms with E-state index >= 15 is 0 Å². The molecule has 2 heteroatoms. The topological polar surface area (TPSA) is 0 Å². The van der Waals surface area contributed by atoms with E-state index in [1.165, 1.54) is 4.90 Å². The fraction of sp³-hybridized carbons (Fsp3) is 0.400. The lowest BCUT2D eigenvalue weighted by Crippen LogP contribution is -1.89. The summed E-state index contributed by atoms with van der Waals surface area (Å²) in [6, 6.07) is 5.92. The normalized spacial score (nSPS) is 10.2. The van der Waals surface area contributed by atoms with Crippen LogP contribution in [0.1, 0.15) is 18.1 Å². The van der Waals surface area contributed by atoms with Crippen molar-refractivity contribution in [3.63, 3.8) is 0 Å². The lowest BCUT2D eigenvalue weighted by molar-refractivity contribution is 0.482. The van der Waals surface area contributed by atoms with Crippen LogP contribution in [-0.4, -0.2) is 6.26 Å². The molecule has 1 rings (SSSR count). The number of halogens is 1. The highest BCUT2D eigenvalue weighted by atomic mass is 32.2. The minimum absolute atomic E-state index is 0.349. The summed E-state index contributed by atoms with van der Waals surface area (Å²) in [7, 11) is 0. The molecule has 0 aliphatic carbocycles. The minimum Gasteiger partial charge on any atom is -0.246 e. The lowest BCUT2D eigenvalue weighted by atomic mass is 10.1. The summed E-state index contributed by atoms with van der Waals surface area (Å²) in [5.74, 6) is 0. The smallest absolute Gasteiger partial charge is 0.115 e. The van der Waals surface area contributed by atoms with Crippen molar-refractivity contribution in [1.29, 1.82) is 0 Å². The molecule has 0 N–H and O–H groups in total. The molecule has 0 amide bonds. The van der Waals surface area contributed by atoms with Crippen LogP contribution >= 0.6 is 11.8 Å². The highest BCUT2D eigenvalue weighted by Crippen LogP contribution is 2.20. The molecule has 0 bridgehead atoms. The Morgan fingerprint density at radius 2 is 2.08 bits per heavy atom. The third kappa shape index (κ3) is 2.01. The molecule has 1 aromatic rings. The van der Waals surface area contributed by atoms with Crippen LogP contribution in [0, 0.1) is 0 Å². The summed E-state index contributed by atoms with van der Waals surface area (Å²) in [6.07, 6.45) is 2.94. The fourth-order valence-corrected chi connectivity index (χ4v) is 1.65. The van der Waals surface area contributed by atoms with Crippen LogP contribution in [0.4, 0.5) is 4.39 Å². The Morgan fingerprint density at radius 3 is 2.58 bits per heavy atom. The van der Waals surface area contributed by atoms with Crippen molar-refractivity contribution >= 4 is 11.8 Å². The van der Waals surface area contributed by atoms with Crippen molar-refractivity contribution in [2.45, 2.75) is 24.9 Å². The molecule has 0 heterocycles. The predicted octanol–water partition coefficient (Wildman–Crippen LogP) is 3.44. The van der Waals surface area contributed by atoms with Crippen LogP contribution in [0.5, 0.6) is 0 Å². The summed E-state index contributed by atoms with van der Waals surface area (Å²) in [4.78, 5) is 1.21. The van der Waals surface area contributed by atoms with E-state index in [4.69, 9.17) is 0 Å². The highest BCUT2D eigenvalue weighted by molar-refractivity contribution is 7.98. The van der Waals surface area contributed by atoms with Gasteiger partial charge in [-0.2, -0.15) is 0 Å². The Labute approximate surface area is 77.2 Å². The van der Waals surface area contributed by atoms with E-state index in [0.717, 1.165) is 17.5 Å². The third-order valence-electron chi connectivity index (χ3n) is 1.94. The van der Waals surface area contributed by atoms with Crippen LogP contribution in [0.15, 0.2) is 23.1 Å². The molecule has 0 fully saturated rings. The van der Waals surface area contributed by atoms with Crippen molar-refractivity contribution in [2.24, 2.45) is 0 Å². The average Bonchev–Trinajstić information content (AvgIpc) is 2.16. The first-order valence-electron chi connectivity index (χ1n) is 4.03. The van der Waals surface area contributed by atoms with Gasteiger partial charge in [-0.3, -0.25) is 0 Å². The Hall–Kier alpha value is -0.500. The molecule has 0 unspecified atom stereocenters. The zero-order valence-electron chi connectivity index (χ0n) is 7.43. The van der Waals surface area contributed by atoms with E-state index in [2.05, 4.69) is 13.0 Å². The SMILES string of the molecule is CCc1cc(SC)ccc1CF. The average molecular weight is 184 g/mol. The van der Waals surface area contributed by atoms with E-state index in [1.54, 1.807) is 11.8 Å². The summed E-state index contributed by atoms with van der Waals surface area (Å²) >= 11 is 1.70. The Balaban J connectivity index is 3.02. The van der Waals surface area contributed by atoms with Gasteiger partial charge in [0, 0.05) is 4.90 Å². The molecule has 0 aliphatic rings. The number of alkyl halides is 1. The number of aryl methyl sites for hydroxylation is 1. The Morgan fingerprint density at radius 1 is 1.33 bits per heavy atom. The molecule has 0 aromatic heterocycles. The van der Waals surface area contributed by atoms with Crippen molar-refractivity contribution in [1.82, 2.24) is 0 Å². The first-order valence-corrected chi connectivity index (χ1v) is 5.26. The zero-order valence-corrected chi connectivity index (χ0v) is 8.25. The summed E-state index contributed by atoms with van der Waals surface area (Å²) in [5, 5.41) is 0. The molecule has 0 spiro atoms. The van der Waals surface area contributed by atoms with E-state index in [0.29, 0.717) is 0 Å². The minimum atomic E-state index is -0.349. The number of hydrogen-bond donors (Lipinski definition) is 0. The highest BCUT2D eigenvalue weighted by Gasteiger charge is 2.00. The molecule has 0 saturated heterocycles. The zero-order chi connectivity index (χ0) is 8.97. The molecule has 1 aromatic carbocycles. The van der Waals surface area contributed by atoms with Gasteiger partial charge >= 0.3 is 0 Å². The first kappa shape index (κ1) is 9.59. The molecule has 12 heavy (non-hydrogen) atoms.